The lowest BCUT2D eigenvalue weighted by atomic mass is 9.97. The average molecular weight is 624 g/mol. The number of unbranched alkanes of at least 4 members (excludes halogenated alkanes) is 2. The monoisotopic (exact) mass is 623 g/mol. The largest absolute Gasteiger partial charge is 0.458 e. The molecule has 0 saturated carbocycles. The van der Waals surface area contributed by atoms with Crippen LogP contribution in [0.25, 0.3) is 0 Å². The minimum atomic E-state index is -1.07. The molecule has 9 heteroatoms. The lowest BCUT2D eigenvalue weighted by Crippen LogP contribution is -2.54. The van der Waals surface area contributed by atoms with E-state index < -0.39 is 53.2 Å². The minimum Gasteiger partial charge on any atom is -0.458 e. The molecule has 2 aromatic carbocycles. The smallest absolute Gasteiger partial charge is 0.408 e. The van der Waals surface area contributed by atoms with Gasteiger partial charge in [-0.25, -0.2) is 9.59 Å². The standard InChI is InChI=1S/C36H53N3O6/c1-11-12-16-21-39(32(41)26(4)37-34(43)45-36(8,9)10)30(28-20-19-24(2)25(3)22-28)31(40)38-29(33(42)44-35(5,6)7)23-27-17-14-13-15-18-27/h13-15,17-20,22,26,29-30H,11-12,16,21,23H2,1-10H3,(H,37,43)(H,38,40). The molecule has 0 radical (unpaired) electrons. The first-order valence-corrected chi connectivity index (χ1v) is 15.9. The zero-order chi connectivity index (χ0) is 33.9. The lowest BCUT2D eigenvalue weighted by Gasteiger charge is -2.35. The van der Waals surface area contributed by atoms with Crippen LogP contribution in [0.4, 0.5) is 4.79 Å². The molecule has 3 atom stereocenters. The topological polar surface area (TPSA) is 114 Å². The molecule has 0 aliphatic rings. The summed E-state index contributed by atoms with van der Waals surface area (Å²) in [5, 5.41) is 5.57. The Kier molecular flexibility index (Phi) is 13.6. The Hall–Kier alpha value is -3.88. The molecule has 45 heavy (non-hydrogen) atoms. The number of rotatable bonds is 13. The number of nitrogens with zero attached hydrogens (tertiary/aromatic N) is 1. The van der Waals surface area contributed by atoms with E-state index in [-0.39, 0.29) is 13.0 Å². The second-order valence-electron chi connectivity index (χ2n) is 13.6. The first-order chi connectivity index (χ1) is 20.9. The van der Waals surface area contributed by atoms with Crippen LogP contribution in [0, 0.1) is 13.8 Å². The van der Waals surface area contributed by atoms with E-state index in [4.69, 9.17) is 9.47 Å². The van der Waals surface area contributed by atoms with Crippen molar-refractivity contribution in [2.75, 3.05) is 6.54 Å². The van der Waals surface area contributed by atoms with Crippen molar-refractivity contribution in [3.8, 4) is 0 Å². The van der Waals surface area contributed by atoms with Crippen molar-refractivity contribution in [1.82, 2.24) is 15.5 Å². The van der Waals surface area contributed by atoms with Gasteiger partial charge in [0.2, 0.25) is 11.8 Å². The summed E-state index contributed by atoms with van der Waals surface area (Å²) >= 11 is 0. The number of ether oxygens (including phenoxy) is 2. The van der Waals surface area contributed by atoms with Gasteiger partial charge in [-0.2, -0.15) is 0 Å². The molecule has 2 rings (SSSR count). The summed E-state index contributed by atoms with van der Waals surface area (Å²) in [4.78, 5) is 56.0. The predicted molar refractivity (Wildman–Crippen MR) is 177 cm³/mol. The van der Waals surface area contributed by atoms with Crippen LogP contribution < -0.4 is 10.6 Å². The van der Waals surface area contributed by atoms with E-state index in [1.807, 2.05) is 62.4 Å². The van der Waals surface area contributed by atoms with Gasteiger partial charge in [0.15, 0.2) is 0 Å². The van der Waals surface area contributed by atoms with Gasteiger partial charge in [0.1, 0.15) is 29.3 Å². The van der Waals surface area contributed by atoms with Crippen molar-refractivity contribution < 1.29 is 28.7 Å². The highest BCUT2D eigenvalue weighted by atomic mass is 16.6. The van der Waals surface area contributed by atoms with Gasteiger partial charge in [-0.3, -0.25) is 9.59 Å². The first kappa shape index (κ1) is 37.3. The quantitative estimate of drug-likeness (QED) is 0.199. The molecule has 2 aromatic rings. The molecule has 0 aliphatic heterocycles. The zero-order valence-electron chi connectivity index (χ0n) is 28.8. The van der Waals surface area contributed by atoms with E-state index >= 15 is 0 Å². The molecular weight excluding hydrogens is 570 g/mol. The minimum absolute atomic E-state index is 0.210. The summed E-state index contributed by atoms with van der Waals surface area (Å²) in [6.45, 7) is 18.4. The second-order valence-corrected chi connectivity index (χ2v) is 13.6. The predicted octanol–water partition coefficient (Wildman–Crippen LogP) is 6.35. The fourth-order valence-electron chi connectivity index (χ4n) is 4.77. The van der Waals surface area contributed by atoms with Crippen LogP contribution in [0.2, 0.25) is 0 Å². The summed E-state index contributed by atoms with van der Waals surface area (Å²) in [6, 6.07) is 12.0. The highest BCUT2D eigenvalue weighted by Crippen LogP contribution is 2.26. The van der Waals surface area contributed by atoms with Crippen molar-refractivity contribution >= 4 is 23.9 Å². The van der Waals surface area contributed by atoms with Gasteiger partial charge in [0, 0.05) is 13.0 Å². The fourth-order valence-corrected chi connectivity index (χ4v) is 4.77. The number of amides is 3. The Balaban J connectivity index is 2.56. The molecule has 2 N–H and O–H groups in total. The van der Waals surface area contributed by atoms with Crippen molar-refractivity contribution in [1.29, 1.82) is 0 Å². The third-order valence-corrected chi connectivity index (χ3v) is 7.09. The van der Waals surface area contributed by atoms with Crippen LogP contribution in [-0.4, -0.2) is 58.6 Å². The SMILES string of the molecule is CCCCCN(C(=O)C(C)NC(=O)OC(C)(C)C)C(C(=O)NC(Cc1ccccc1)C(=O)OC(C)(C)C)c1ccc(C)c(C)c1. The maximum absolute atomic E-state index is 14.4. The molecule has 9 nitrogen and oxygen atoms in total. The molecule has 0 fully saturated rings. The molecular formula is C36H53N3O6. The normalized spacial score (nSPS) is 13.6. The van der Waals surface area contributed by atoms with E-state index in [1.165, 1.54) is 4.90 Å². The van der Waals surface area contributed by atoms with E-state index in [0.29, 0.717) is 12.0 Å². The van der Waals surface area contributed by atoms with Gasteiger partial charge >= 0.3 is 12.1 Å². The van der Waals surface area contributed by atoms with Gasteiger partial charge in [0.25, 0.3) is 0 Å². The molecule has 0 aliphatic carbocycles. The second kappa shape index (κ2) is 16.4. The van der Waals surface area contributed by atoms with Crippen molar-refractivity contribution in [2.45, 2.75) is 124 Å². The number of benzene rings is 2. The maximum Gasteiger partial charge on any atom is 0.408 e. The van der Waals surface area contributed by atoms with Crippen molar-refractivity contribution in [2.24, 2.45) is 0 Å². The number of hydrogen-bond acceptors (Lipinski definition) is 6. The van der Waals surface area contributed by atoms with E-state index in [9.17, 15) is 19.2 Å². The van der Waals surface area contributed by atoms with Crippen LogP contribution >= 0.6 is 0 Å². The van der Waals surface area contributed by atoms with Gasteiger partial charge < -0.3 is 25.0 Å². The maximum atomic E-state index is 14.4. The fraction of sp³-hybridized carbons (Fsp3) is 0.556. The van der Waals surface area contributed by atoms with Gasteiger partial charge in [0.05, 0.1) is 0 Å². The molecule has 0 heterocycles. The molecule has 0 saturated heterocycles. The number of aryl methyl sites for hydroxylation is 2. The summed E-state index contributed by atoms with van der Waals surface area (Å²) < 4.78 is 11.1. The Morgan fingerprint density at radius 3 is 2.00 bits per heavy atom. The molecule has 3 unspecified atom stereocenters. The number of hydrogen-bond donors (Lipinski definition) is 2. The molecule has 3 amide bonds. The average Bonchev–Trinajstić information content (AvgIpc) is 2.92. The number of esters is 1. The number of nitrogens with one attached hydrogen (secondary N) is 2. The highest BCUT2D eigenvalue weighted by molar-refractivity contribution is 5.94. The third kappa shape index (κ3) is 12.6. The van der Waals surface area contributed by atoms with Crippen LogP contribution in [0.1, 0.15) is 103 Å². The molecule has 0 aromatic heterocycles. The summed E-state index contributed by atoms with van der Waals surface area (Å²) in [7, 11) is 0. The molecule has 0 spiro atoms. The summed E-state index contributed by atoms with van der Waals surface area (Å²) in [5.74, 6) is -1.52. The molecule has 0 bridgehead atoms. The van der Waals surface area contributed by atoms with Gasteiger partial charge in [-0.15, -0.1) is 0 Å². The zero-order valence-corrected chi connectivity index (χ0v) is 28.8. The Morgan fingerprint density at radius 1 is 0.822 bits per heavy atom. The Morgan fingerprint density at radius 2 is 1.44 bits per heavy atom. The Labute approximate surface area is 269 Å². The van der Waals surface area contributed by atoms with E-state index in [0.717, 1.165) is 29.5 Å². The van der Waals surface area contributed by atoms with Crippen LogP contribution in [0.15, 0.2) is 48.5 Å². The van der Waals surface area contributed by atoms with Crippen molar-refractivity contribution in [3.05, 3.63) is 70.8 Å². The Bertz CT molecular complexity index is 1300. The number of carbonyl (C=O) groups is 4. The highest BCUT2D eigenvalue weighted by Gasteiger charge is 2.37. The van der Waals surface area contributed by atoms with Gasteiger partial charge in [-0.05, 0) is 91.0 Å². The molecule has 248 valence electrons. The van der Waals surface area contributed by atoms with E-state index in [1.54, 1.807) is 48.5 Å². The van der Waals surface area contributed by atoms with Crippen LogP contribution in [0.5, 0.6) is 0 Å². The summed E-state index contributed by atoms with van der Waals surface area (Å²) in [6.07, 6.45) is 1.88. The number of carbonyl (C=O) groups excluding carboxylic acids is 4. The van der Waals surface area contributed by atoms with Crippen LogP contribution in [0.3, 0.4) is 0 Å². The lowest BCUT2D eigenvalue weighted by molar-refractivity contribution is -0.159. The van der Waals surface area contributed by atoms with Crippen LogP contribution in [-0.2, 0) is 30.3 Å². The third-order valence-electron chi connectivity index (χ3n) is 7.09. The van der Waals surface area contributed by atoms with Gasteiger partial charge in [-0.1, -0.05) is 68.3 Å². The van der Waals surface area contributed by atoms with Crippen molar-refractivity contribution in [3.63, 3.8) is 0 Å². The summed E-state index contributed by atoms with van der Waals surface area (Å²) in [5.41, 5.74) is 1.94. The van der Waals surface area contributed by atoms with E-state index in [2.05, 4.69) is 17.6 Å². The number of alkyl carbamates (subject to hydrolysis) is 1. The first-order valence-electron chi connectivity index (χ1n) is 15.9.